The summed E-state index contributed by atoms with van der Waals surface area (Å²) in [7, 11) is 0. The molecule has 0 saturated carbocycles. The molecule has 4 heteroatoms. The number of rotatable bonds is 4. The Hall–Kier alpha value is -1.68. The molecule has 1 heterocycles. The minimum absolute atomic E-state index is 0.114. The van der Waals surface area contributed by atoms with Crippen molar-refractivity contribution in [3.05, 3.63) is 63.9 Å². The van der Waals surface area contributed by atoms with Gasteiger partial charge in [-0.15, -0.1) is 0 Å². The summed E-state index contributed by atoms with van der Waals surface area (Å²) in [5.41, 5.74) is 2.47. The van der Waals surface area contributed by atoms with Gasteiger partial charge in [-0.2, -0.15) is 0 Å². The average molecular weight is 361 g/mol. The van der Waals surface area contributed by atoms with Crippen LogP contribution in [0.3, 0.4) is 0 Å². The lowest BCUT2D eigenvalue weighted by molar-refractivity contribution is 0.0913. The Morgan fingerprint density at radius 2 is 1.95 bits per heavy atom. The van der Waals surface area contributed by atoms with E-state index < -0.39 is 0 Å². The predicted molar refractivity (Wildman–Crippen MR) is 93.0 cm³/mol. The number of benzene rings is 1. The molecule has 1 amide bonds. The first-order valence-corrected chi connectivity index (χ1v) is 8.15. The van der Waals surface area contributed by atoms with E-state index in [2.05, 4.69) is 38.4 Å². The van der Waals surface area contributed by atoms with Crippen LogP contribution in [0.25, 0.3) is 0 Å². The molecular formula is C18H21BrN2O. The molecule has 0 atom stereocenters. The van der Waals surface area contributed by atoms with Crippen LogP contribution < -0.4 is 5.32 Å². The summed E-state index contributed by atoms with van der Waals surface area (Å²) in [6.07, 6.45) is 3.33. The molecule has 1 aromatic heterocycles. The molecule has 22 heavy (non-hydrogen) atoms. The SMILES string of the molecule is CC(C)(C)NC(=O)c1ncccc1CCc1cccc(Br)c1. The minimum Gasteiger partial charge on any atom is -0.346 e. The third-order valence-electron chi connectivity index (χ3n) is 3.17. The zero-order valence-corrected chi connectivity index (χ0v) is 14.8. The normalized spacial score (nSPS) is 11.3. The molecule has 0 saturated heterocycles. The fourth-order valence-corrected chi connectivity index (χ4v) is 2.66. The standard InChI is InChI=1S/C18H21BrN2O/c1-18(2,3)21-17(22)16-14(7-5-11-20-16)10-9-13-6-4-8-15(19)12-13/h4-8,11-12H,9-10H2,1-3H3,(H,21,22). The number of carbonyl (C=O) groups excluding carboxylic acids is 1. The average Bonchev–Trinajstić information content (AvgIpc) is 2.44. The number of halogens is 1. The molecular weight excluding hydrogens is 340 g/mol. The molecule has 3 nitrogen and oxygen atoms in total. The Bertz CT molecular complexity index is 662. The number of nitrogens with one attached hydrogen (secondary N) is 1. The maximum absolute atomic E-state index is 12.4. The largest absolute Gasteiger partial charge is 0.346 e. The quantitative estimate of drug-likeness (QED) is 0.889. The monoisotopic (exact) mass is 360 g/mol. The van der Waals surface area contributed by atoms with Gasteiger partial charge in [-0.25, -0.2) is 0 Å². The maximum Gasteiger partial charge on any atom is 0.270 e. The maximum atomic E-state index is 12.4. The summed E-state index contributed by atoms with van der Waals surface area (Å²) in [6, 6.07) is 12.1. The summed E-state index contributed by atoms with van der Waals surface area (Å²) in [6.45, 7) is 5.90. The molecule has 0 radical (unpaired) electrons. The van der Waals surface area contributed by atoms with Crippen LogP contribution in [0.2, 0.25) is 0 Å². The summed E-state index contributed by atoms with van der Waals surface area (Å²) in [4.78, 5) is 16.6. The van der Waals surface area contributed by atoms with Gasteiger partial charge in [0, 0.05) is 16.2 Å². The van der Waals surface area contributed by atoms with Gasteiger partial charge in [0.15, 0.2) is 0 Å². The van der Waals surface area contributed by atoms with Gasteiger partial charge in [0.05, 0.1) is 0 Å². The van der Waals surface area contributed by atoms with Crippen LogP contribution in [0.4, 0.5) is 0 Å². The molecule has 116 valence electrons. The van der Waals surface area contributed by atoms with Crippen molar-refractivity contribution in [1.82, 2.24) is 10.3 Å². The zero-order chi connectivity index (χ0) is 16.2. The van der Waals surface area contributed by atoms with Gasteiger partial charge in [0.25, 0.3) is 5.91 Å². The Morgan fingerprint density at radius 1 is 1.18 bits per heavy atom. The van der Waals surface area contributed by atoms with E-state index >= 15 is 0 Å². The van der Waals surface area contributed by atoms with Crippen molar-refractivity contribution in [3.63, 3.8) is 0 Å². The Kier molecular flexibility index (Phi) is 5.35. The smallest absolute Gasteiger partial charge is 0.270 e. The van der Waals surface area contributed by atoms with Gasteiger partial charge in [-0.05, 0) is 62.9 Å². The third-order valence-corrected chi connectivity index (χ3v) is 3.66. The molecule has 1 N–H and O–H groups in total. The second-order valence-corrected chi connectivity index (χ2v) is 7.26. The van der Waals surface area contributed by atoms with E-state index in [1.807, 2.05) is 45.0 Å². The van der Waals surface area contributed by atoms with Crippen molar-refractivity contribution in [2.75, 3.05) is 0 Å². The van der Waals surface area contributed by atoms with Crippen molar-refractivity contribution in [3.8, 4) is 0 Å². The molecule has 0 unspecified atom stereocenters. The fraction of sp³-hybridized carbons (Fsp3) is 0.333. The number of hydrogen-bond donors (Lipinski definition) is 1. The van der Waals surface area contributed by atoms with E-state index in [0.717, 1.165) is 22.9 Å². The van der Waals surface area contributed by atoms with Gasteiger partial charge in [0.1, 0.15) is 5.69 Å². The Balaban J connectivity index is 2.13. The van der Waals surface area contributed by atoms with E-state index in [1.54, 1.807) is 6.20 Å². The summed E-state index contributed by atoms with van der Waals surface area (Å²) >= 11 is 3.48. The number of nitrogens with zero attached hydrogens (tertiary/aromatic N) is 1. The second kappa shape index (κ2) is 7.05. The first-order valence-electron chi connectivity index (χ1n) is 7.36. The van der Waals surface area contributed by atoms with E-state index in [4.69, 9.17) is 0 Å². The van der Waals surface area contributed by atoms with Crippen LogP contribution in [0.5, 0.6) is 0 Å². The van der Waals surface area contributed by atoms with Gasteiger partial charge in [-0.3, -0.25) is 9.78 Å². The molecule has 2 aromatic rings. The van der Waals surface area contributed by atoms with Crippen LogP contribution in [0.1, 0.15) is 42.4 Å². The van der Waals surface area contributed by atoms with E-state index in [0.29, 0.717) is 5.69 Å². The highest BCUT2D eigenvalue weighted by Gasteiger charge is 2.18. The van der Waals surface area contributed by atoms with Crippen LogP contribution >= 0.6 is 15.9 Å². The topological polar surface area (TPSA) is 42.0 Å². The number of pyridine rings is 1. The van der Waals surface area contributed by atoms with Gasteiger partial charge >= 0.3 is 0 Å². The number of amides is 1. The van der Waals surface area contributed by atoms with Gasteiger partial charge in [-0.1, -0.05) is 34.1 Å². The van der Waals surface area contributed by atoms with Gasteiger partial charge in [0.2, 0.25) is 0 Å². The molecule has 0 fully saturated rings. The molecule has 0 aliphatic heterocycles. The van der Waals surface area contributed by atoms with Crippen LogP contribution in [-0.4, -0.2) is 16.4 Å². The van der Waals surface area contributed by atoms with Crippen molar-refractivity contribution < 1.29 is 4.79 Å². The van der Waals surface area contributed by atoms with E-state index in [-0.39, 0.29) is 11.4 Å². The summed E-state index contributed by atoms with van der Waals surface area (Å²) < 4.78 is 1.07. The first kappa shape index (κ1) is 16.7. The van der Waals surface area contributed by atoms with Crippen molar-refractivity contribution in [1.29, 1.82) is 0 Å². The highest BCUT2D eigenvalue weighted by molar-refractivity contribution is 9.10. The Morgan fingerprint density at radius 3 is 2.64 bits per heavy atom. The van der Waals surface area contributed by atoms with E-state index in [1.165, 1.54) is 5.56 Å². The highest BCUT2D eigenvalue weighted by atomic mass is 79.9. The minimum atomic E-state index is -0.268. The molecule has 0 aliphatic rings. The number of aryl methyl sites for hydroxylation is 2. The third kappa shape index (κ3) is 4.95. The molecule has 0 spiro atoms. The Labute approximate surface area is 140 Å². The molecule has 0 aliphatic carbocycles. The molecule has 1 aromatic carbocycles. The van der Waals surface area contributed by atoms with Crippen molar-refractivity contribution >= 4 is 21.8 Å². The molecule has 0 bridgehead atoms. The fourth-order valence-electron chi connectivity index (χ4n) is 2.22. The lowest BCUT2D eigenvalue weighted by atomic mass is 10.0. The van der Waals surface area contributed by atoms with Crippen molar-refractivity contribution in [2.45, 2.75) is 39.2 Å². The summed E-state index contributed by atoms with van der Waals surface area (Å²) in [5.74, 6) is -0.114. The highest BCUT2D eigenvalue weighted by Crippen LogP contribution is 2.15. The molecule has 2 rings (SSSR count). The lowest BCUT2D eigenvalue weighted by Gasteiger charge is -2.21. The predicted octanol–water partition coefficient (Wildman–Crippen LogP) is 4.16. The lowest BCUT2D eigenvalue weighted by Crippen LogP contribution is -2.41. The number of aromatic nitrogens is 1. The van der Waals surface area contributed by atoms with Crippen LogP contribution in [-0.2, 0) is 12.8 Å². The van der Waals surface area contributed by atoms with Gasteiger partial charge < -0.3 is 5.32 Å². The van der Waals surface area contributed by atoms with Crippen molar-refractivity contribution in [2.24, 2.45) is 0 Å². The second-order valence-electron chi connectivity index (χ2n) is 6.35. The van der Waals surface area contributed by atoms with Crippen LogP contribution in [0, 0.1) is 0 Å². The van der Waals surface area contributed by atoms with Crippen LogP contribution in [0.15, 0.2) is 47.1 Å². The van der Waals surface area contributed by atoms with E-state index in [9.17, 15) is 4.79 Å². The zero-order valence-electron chi connectivity index (χ0n) is 13.2. The number of hydrogen-bond acceptors (Lipinski definition) is 2. The first-order chi connectivity index (χ1) is 10.3. The number of carbonyl (C=O) groups is 1. The summed E-state index contributed by atoms with van der Waals surface area (Å²) in [5, 5.41) is 2.97.